The second-order valence-electron chi connectivity index (χ2n) is 2.92. The van der Waals surface area contributed by atoms with E-state index in [9.17, 15) is 4.79 Å². The molecule has 64 valence electrons. The van der Waals surface area contributed by atoms with Crippen molar-refractivity contribution in [3.05, 3.63) is 11.1 Å². The molecule has 0 aliphatic heterocycles. The lowest BCUT2D eigenvalue weighted by Crippen LogP contribution is -1.90. The van der Waals surface area contributed by atoms with Gasteiger partial charge in [-0.3, -0.25) is 4.79 Å². The van der Waals surface area contributed by atoms with Gasteiger partial charge in [0.25, 0.3) is 0 Å². The molecule has 0 amide bonds. The van der Waals surface area contributed by atoms with Gasteiger partial charge in [-0.1, -0.05) is 32.3 Å². The summed E-state index contributed by atoms with van der Waals surface area (Å²) in [6.45, 7) is 6.30. The van der Waals surface area contributed by atoms with Crippen LogP contribution in [0.25, 0.3) is 0 Å². The topological polar surface area (TPSA) is 17.1 Å². The molecule has 0 atom stereocenters. The van der Waals surface area contributed by atoms with Crippen LogP contribution >= 0.6 is 0 Å². The molecule has 0 radical (unpaired) electrons. The summed E-state index contributed by atoms with van der Waals surface area (Å²) in [6.07, 6.45) is 5.21. The third-order valence-corrected chi connectivity index (χ3v) is 1.83. The molecule has 0 fully saturated rings. The van der Waals surface area contributed by atoms with Gasteiger partial charge in [0.1, 0.15) is 6.29 Å². The van der Waals surface area contributed by atoms with E-state index in [1.54, 1.807) is 0 Å². The molecule has 0 heterocycles. The first-order valence-corrected chi connectivity index (χ1v) is 4.40. The fourth-order valence-corrected chi connectivity index (χ4v) is 1.18. The molecule has 0 saturated heterocycles. The van der Waals surface area contributed by atoms with Crippen LogP contribution in [-0.4, -0.2) is 6.29 Å². The van der Waals surface area contributed by atoms with Gasteiger partial charge < -0.3 is 0 Å². The van der Waals surface area contributed by atoms with Crippen molar-refractivity contribution < 1.29 is 4.79 Å². The van der Waals surface area contributed by atoms with E-state index in [1.165, 1.54) is 5.57 Å². The highest BCUT2D eigenvalue weighted by molar-refractivity contribution is 5.74. The van der Waals surface area contributed by atoms with Gasteiger partial charge in [0.2, 0.25) is 0 Å². The maximum absolute atomic E-state index is 10.6. The molecule has 0 unspecified atom stereocenters. The molecule has 0 N–H and O–H groups in total. The summed E-state index contributed by atoms with van der Waals surface area (Å²) in [5, 5.41) is 0. The molecule has 1 heteroatoms. The summed E-state index contributed by atoms with van der Waals surface area (Å²) in [6, 6.07) is 0. The van der Waals surface area contributed by atoms with Gasteiger partial charge in [0.05, 0.1) is 0 Å². The van der Waals surface area contributed by atoms with E-state index in [0.717, 1.165) is 37.5 Å². The number of carbonyl (C=O) groups excluding carboxylic acids is 1. The summed E-state index contributed by atoms with van der Waals surface area (Å²) < 4.78 is 0. The molecule has 1 nitrogen and oxygen atoms in total. The molecule has 0 rings (SSSR count). The fraction of sp³-hybridized carbons (Fsp3) is 0.700. The fourth-order valence-electron chi connectivity index (χ4n) is 1.18. The lowest BCUT2D eigenvalue weighted by Gasteiger charge is -2.02. The number of allylic oxidation sites excluding steroid dienone is 2. The minimum absolute atomic E-state index is 0.940. The van der Waals surface area contributed by atoms with Gasteiger partial charge in [-0.25, -0.2) is 0 Å². The van der Waals surface area contributed by atoms with Crippen LogP contribution < -0.4 is 0 Å². The first-order valence-electron chi connectivity index (χ1n) is 4.40. The smallest absolute Gasteiger partial charge is 0.145 e. The summed E-state index contributed by atoms with van der Waals surface area (Å²) in [7, 11) is 0. The molecule has 0 aliphatic rings. The predicted molar refractivity (Wildman–Crippen MR) is 48.6 cm³/mol. The summed E-state index contributed by atoms with van der Waals surface area (Å²) in [5.74, 6) is 0. The van der Waals surface area contributed by atoms with Crippen LogP contribution in [-0.2, 0) is 4.79 Å². The van der Waals surface area contributed by atoms with Crippen molar-refractivity contribution in [1.82, 2.24) is 0 Å². The van der Waals surface area contributed by atoms with E-state index in [0.29, 0.717) is 0 Å². The average molecular weight is 154 g/mol. The van der Waals surface area contributed by atoms with Gasteiger partial charge in [0, 0.05) is 0 Å². The third-order valence-electron chi connectivity index (χ3n) is 1.83. The minimum atomic E-state index is 0.940. The quantitative estimate of drug-likeness (QED) is 0.439. The van der Waals surface area contributed by atoms with Crippen molar-refractivity contribution in [2.45, 2.75) is 46.5 Å². The Labute approximate surface area is 69.5 Å². The molecule has 0 aromatic heterocycles. The lowest BCUT2D eigenvalue weighted by atomic mass is 10.0. The van der Waals surface area contributed by atoms with Gasteiger partial charge in [-0.15, -0.1) is 0 Å². The highest BCUT2D eigenvalue weighted by Gasteiger charge is 1.98. The number of carbonyl (C=O) groups is 1. The Morgan fingerprint density at radius 3 is 2.09 bits per heavy atom. The van der Waals surface area contributed by atoms with Crippen LogP contribution in [0.2, 0.25) is 0 Å². The first kappa shape index (κ1) is 10.4. The molecule has 0 saturated carbocycles. The largest absolute Gasteiger partial charge is 0.298 e. The molecule has 0 bridgehead atoms. The Morgan fingerprint density at radius 1 is 1.18 bits per heavy atom. The molecular formula is C10H18O. The Bertz CT molecular complexity index is 145. The van der Waals surface area contributed by atoms with E-state index in [1.807, 2.05) is 0 Å². The van der Waals surface area contributed by atoms with E-state index >= 15 is 0 Å². The Morgan fingerprint density at radius 2 is 1.73 bits per heavy atom. The average Bonchev–Trinajstić information content (AvgIpc) is 2.00. The Balaban J connectivity index is 4.14. The van der Waals surface area contributed by atoms with E-state index in [2.05, 4.69) is 20.8 Å². The van der Waals surface area contributed by atoms with Gasteiger partial charge in [-0.05, 0) is 25.3 Å². The third kappa shape index (κ3) is 3.97. The highest BCUT2D eigenvalue weighted by Crippen LogP contribution is 2.12. The second kappa shape index (κ2) is 6.14. The molecule has 11 heavy (non-hydrogen) atoms. The predicted octanol–water partition coefficient (Wildman–Crippen LogP) is 3.10. The molecular weight excluding hydrogens is 136 g/mol. The first-order chi connectivity index (χ1) is 5.26. The SMILES string of the molecule is CCCC(C)=C(C=O)CCC. The minimum Gasteiger partial charge on any atom is -0.298 e. The van der Waals surface area contributed by atoms with Crippen molar-refractivity contribution in [3.63, 3.8) is 0 Å². The number of hydrogen-bond acceptors (Lipinski definition) is 1. The maximum atomic E-state index is 10.6. The van der Waals surface area contributed by atoms with Crippen LogP contribution in [0.3, 0.4) is 0 Å². The Hall–Kier alpha value is -0.590. The van der Waals surface area contributed by atoms with Crippen molar-refractivity contribution in [3.8, 4) is 0 Å². The van der Waals surface area contributed by atoms with Crippen LogP contribution in [0, 0.1) is 0 Å². The summed E-state index contributed by atoms with van der Waals surface area (Å²) in [5.41, 5.74) is 2.28. The zero-order chi connectivity index (χ0) is 8.69. The zero-order valence-electron chi connectivity index (χ0n) is 7.81. The van der Waals surface area contributed by atoms with Crippen molar-refractivity contribution in [2.75, 3.05) is 0 Å². The van der Waals surface area contributed by atoms with Gasteiger partial charge in [0.15, 0.2) is 0 Å². The second-order valence-corrected chi connectivity index (χ2v) is 2.92. The van der Waals surface area contributed by atoms with Crippen molar-refractivity contribution in [1.29, 1.82) is 0 Å². The molecule has 0 spiro atoms. The van der Waals surface area contributed by atoms with E-state index < -0.39 is 0 Å². The number of rotatable bonds is 5. The molecule has 0 aromatic rings. The van der Waals surface area contributed by atoms with Crippen LogP contribution in [0.1, 0.15) is 46.5 Å². The molecule has 0 aliphatic carbocycles. The van der Waals surface area contributed by atoms with Crippen molar-refractivity contribution in [2.24, 2.45) is 0 Å². The number of hydrogen-bond donors (Lipinski definition) is 0. The highest BCUT2D eigenvalue weighted by atomic mass is 16.1. The zero-order valence-corrected chi connectivity index (χ0v) is 7.81. The van der Waals surface area contributed by atoms with Crippen LogP contribution in [0.4, 0.5) is 0 Å². The monoisotopic (exact) mass is 154 g/mol. The Kier molecular flexibility index (Phi) is 5.81. The van der Waals surface area contributed by atoms with Crippen LogP contribution in [0.15, 0.2) is 11.1 Å². The van der Waals surface area contributed by atoms with E-state index in [-0.39, 0.29) is 0 Å². The maximum Gasteiger partial charge on any atom is 0.145 e. The summed E-state index contributed by atoms with van der Waals surface area (Å²) >= 11 is 0. The van der Waals surface area contributed by atoms with Gasteiger partial charge >= 0.3 is 0 Å². The van der Waals surface area contributed by atoms with Crippen LogP contribution in [0.5, 0.6) is 0 Å². The summed E-state index contributed by atoms with van der Waals surface area (Å²) in [4.78, 5) is 10.6. The normalized spacial score (nSPS) is 12.6. The van der Waals surface area contributed by atoms with E-state index in [4.69, 9.17) is 0 Å². The molecule has 0 aromatic carbocycles. The number of aldehydes is 1. The standard InChI is InChI=1S/C10H18O/c1-4-6-9(3)10(8-11)7-5-2/h8H,4-7H2,1-3H3. The lowest BCUT2D eigenvalue weighted by molar-refractivity contribution is -0.105. The van der Waals surface area contributed by atoms with Crippen molar-refractivity contribution >= 4 is 6.29 Å². The van der Waals surface area contributed by atoms with Gasteiger partial charge in [-0.2, -0.15) is 0 Å².